The Hall–Kier alpha value is -2.28. The van der Waals surface area contributed by atoms with Crippen LogP contribution < -0.4 is 0 Å². The standard InChI is InChI=1S/C13H16N4O3/c1-9-4-3-5-10(6-9)13-14-15-16-17(13)8-11(20-2)7-12(18)19/h3-6,11H,7-8H2,1-2H3,(H,18,19). The van der Waals surface area contributed by atoms with Gasteiger partial charge in [-0.3, -0.25) is 4.79 Å². The van der Waals surface area contributed by atoms with Crippen LogP contribution in [0.3, 0.4) is 0 Å². The minimum Gasteiger partial charge on any atom is -0.481 e. The average Bonchev–Trinajstić information content (AvgIpc) is 2.85. The maximum absolute atomic E-state index is 10.8. The first-order valence-corrected chi connectivity index (χ1v) is 6.18. The Labute approximate surface area is 116 Å². The lowest BCUT2D eigenvalue weighted by Gasteiger charge is -2.13. The predicted molar refractivity (Wildman–Crippen MR) is 71.0 cm³/mol. The van der Waals surface area contributed by atoms with Crippen molar-refractivity contribution in [2.24, 2.45) is 0 Å². The Kier molecular flexibility index (Phi) is 4.41. The van der Waals surface area contributed by atoms with Crippen LogP contribution in [0.4, 0.5) is 0 Å². The molecule has 7 heteroatoms. The summed E-state index contributed by atoms with van der Waals surface area (Å²) in [5.74, 6) is -0.317. The number of aliphatic carboxylic acids is 1. The highest BCUT2D eigenvalue weighted by atomic mass is 16.5. The molecule has 20 heavy (non-hydrogen) atoms. The largest absolute Gasteiger partial charge is 0.481 e. The van der Waals surface area contributed by atoms with Gasteiger partial charge in [-0.1, -0.05) is 23.8 Å². The molecule has 1 unspecified atom stereocenters. The number of nitrogens with zero attached hydrogens (tertiary/aromatic N) is 4. The van der Waals surface area contributed by atoms with Gasteiger partial charge in [-0.25, -0.2) is 4.68 Å². The van der Waals surface area contributed by atoms with E-state index in [0.717, 1.165) is 11.1 Å². The maximum Gasteiger partial charge on any atom is 0.306 e. The molecule has 1 atom stereocenters. The van der Waals surface area contributed by atoms with Crippen LogP contribution in [0, 0.1) is 6.92 Å². The van der Waals surface area contributed by atoms with Gasteiger partial charge in [-0.05, 0) is 23.4 Å². The Morgan fingerprint density at radius 3 is 2.95 bits per heavy atom. The fourth-order valence-electron chi connectivity index (χ4n) is 1.93. The normalized spacial score (nSPS) is 12.3. The molecule has 0 radical (unpaired) electrons. The SMILES string of the molecule is COC(CC(=O)O)Cn1nnnc1-c1cccc(C)c1. The van der Waals surface area contributed by atoms with Crippen LogP contribution >= 0.6 is 0 Å². The van der Waals surface area contributed by atoms with Gasteiger partial charge in [-0.2, -0.15) is 0 Å². The van der Waals surface area contributed by atoms with E-state index in [9.17, 15) is 4.79 Å². The fraction of sp³-hybridized carbons (Fsp3) is 0.385. The average molecular weight is 276 g/mol. The molecular weight excluding hydrogens is 260 g/mol. The number of hydrogen-bond acceptors (Lipinski definition) is 5. The van der Waals surface area contributed by atoms with Gasteiger partial charge in [-0.15, -0.1) is 5.10 Å². The molecule has 0 fully saturated rings. The monoisotopic (exact) mass is 276 g/mol. The molecule has 7 nitrogen and oxygen atoms in total. The Morgan fingerprint density at radius 2 is 2.30 bits per heavy atom. The predicted octanol–water partition coefficient (Wildman–Crippen LogP) is 1.14. The summed E-state index contributed by atoms with van der Waals surface area (Å²) in [6.45, 7) is 2.28. The van der Waals surface area contributed by atoms with E-state index in [2.05, 4.69) is 15.5 Å². The van der Waals surface area contributed by atoms with Gasteiger partial charge in [0, 0.05) is 12.7 Å². The molecule has 1 aromatic heterocycles. The van der Waals surface area contributed by atoms with E-state index in [-0.39, 0.29) is 6.42 Å². The van der Waals surface area contributed by atoms with E-state index in [1.165, 1.54) is 7.11 Å². The summed E-state index contributed by atoms with van der Waals surface area (Å²) in [7, 11) is 1.48. The smallest absolute Gasteiger partial charge is 0.306 e. The number of aryl methyl sites for hydroxylation is 1. The number of rotatable bonds is 6. The topological polar surface area (TPSA) is 90.1 Å². The van der Waals surface area contributed by atoms with E-state index < -0.39 is 12.1 Å². The van der Waals surface area contributed by atoms with Gasteiger partial charge in [0.1, 0.15) is 0 Å². The van der Waals surface area contributed by atoms with Crippen molar-refractivity contribution < 1.29 is 14.6 Å². The van der Waals surface area contributed by atoms with Gasteiger partial charge in [0.15, 0.2) is 5.82 Å². The number of methoxy groups -OCH3 is 1. The number of aromatic nitrogens is 4. The van der Waals surface area contributed by atoms with Crippen LogP contribution in [0.15, 0.2) is 24.3 Å². The summed E-state index contributed by atoms with van der Waals surface area (Å²) < 4.78 is 6.71. The third-order valence-electron chi connectivity index (χ3n) is 2.92. The van der Waals surface area contributed by atoms with Crippen LogP contribution in [0.2, 0.25) is 0 Å². The van der Waals surface area contributed by atoms with Gasteiger partial charge in [0.2, 0.25) is 0 Å². The molecule has 1 heterocycles. The summed E-state index contributed by atoms with van der Waals surface area (Å²) >= 11 is 0. The molecule has 106 valence electrons. The third-order valence-corrected chi connectivity index (χ3v) is 2.92. The van der Waals surface area contributed by atoms with Crippen molar-refractivity contribution in [1.82, 2.24) is 20.2 Å². The zero-order valence-electron chi connectivity index (χ0n) is 11.4. The quantitative estimate of drug-likeness (QED) is 0.850. The number of carbonyl (C=O) groups is 1. The van der Waals surface area contributed by atoms with Crippen molar-refractivity contribution in [3.05, 3.63) is 29.8 Å². The highest BCUT2D eigenvalue weighted by molar-refractivity contribution is 5.67. The van der Waals surface area contributed by atoms with Crippen LogP contribution in [-0.4, -0.2) is 44.5 Å². The van der Waals surface area contributed by atoms with Crippen molar-refractivity contribution >= 4 is 5.97 Å². The third kappa shape index (κ3) is 3.39. The number of ether oxygens (including phenoxy) is 1. The van der Waals surface area contributed by atoms with Crippen LogP contribution in [0.5, 0.6) is 0 Å². The lowest BCUT2D eigenvalue weighted by Crippen LogP contribution is -2.23. The van der Waals surface area contributed by atoms with Gasteiger partial charge in [0.25, 0.3) is 0 Å². The van der Waals surface area contributed by atoms with Crippen LogP contribution in [0.25, 0.3) is 11.4 Å². The van der Waals surface area contributed by atoms with E-state index in [4.69, 9.17) is 9.84 Å². The maximum atomic E-state index is 10.8. The second kappa shape index (κ2) is 6.25. The van der Waals surface area contributed by atoms with E-state index in [1.807, 2.05) is 31.2 Å². The zero-order chi connectivity index (χ0) is 14.5. The summed E-state index contributed by atoms with van der Waals surface area (Å²) in [5.41, 5.74) is 1.99. The number of hydrogen-bond donors (Lipinski definition) is 1. The molecular formula is C13H16N4O3. The van der Waals surface area contributed by atoms with Crippen molar-refractivity contribution in [3.8, 4) is 11.4 Å². The molecule has 0 saturated carbocycles. The highest BCUT2D eigenvalue weighted by Gasteiger charge is 2.17. The lowest BCUT2D eigenvalue weighted by molar-refractivity contribution is -0.139. The Morgan fingerprint density at radius 1 is 1.50 bits per heavy atom. The number of tetrazole rings is 1. The Bertz CT molecular complexity index is 597. The van der Waals surface area contributed by atoms with Crippen molar-refractivity contribution in [2.75, 3.05) is 7.11 Å². The first-order valence-electron chi connectivity index (χ1n) is 6.18. The molecule has 1 aromatic carbocycles. The molecule has 0 aliphatic heterocycles. The van der Waals surface area contributed by atoms with Crippen LogP contribution in [0.1, 0.15) is 12.0 Å². The first kappa shape index (κ1) is 14.1. The molecule has 0 aliphatic carbocycles. The van der Waals surface area contributed by atoms with Crippen molar-refractivity contribution in [3.63, 3.8) is 0 Å². The first-order chi connectivity index (χ1) is 9.60. The molecule has 0 aliphatic rings. The Balaban J connectivity index is 2.22. The van der Waals surface area contributed by atoms with E-state index in [1.54, 1.807) is 4.68 Å². The van der Waals surface area contributed by atoms with Gasteiger partial charge < -0.3 is 9.84 Å². The number of carboxylic acid groups (broad SMARTS) is 1. The van der Waals surface area contributed by atoms with E-state index in [0.29, 0.717) is 12.4 Å². The lowest BCUT2D eigenvalue weighted by atomic mass is 10.1. The zero-order valence-corrected chi connectivity index (χ0v) is 11.4. The van der Waals surface area contributed by atoms with Gasteiger partial charge in [0.05, 0.1) is 19.1 Å². The summed E-state index contributed by atoms with van der Waals surface area (Å²) in [5, 5.41) is 20.4. The number of benzene rings is 1. The molecule has 2 rings (SSSR count). The minimum absolute atomic E-state index is 0.0936. The summed E-state index contributed by atoms with van der Waals surface area (Å²) in [4.78, 5) is 10.8. The van der Waals surface area contributed by atoms with Crippen LogP contribution in [-0.2, 0) is 16.1 Å². The fourth-order valence-corrected chi connectivity index (χ4v) is 1.93. The van der Waals surface area contributed by atoms with Crippen molar-refractivity contribution in [2.45, 2.75) is 26.0 Å². The highest BCUT2D eigenvalue weighted by Crippen LogP contribution is 2.17. The van der Waals surface area contributed by atoms with Gasteiger partial charge >= 0.3 is 5.97 Å². The molecule has 0 amide bonds. The van der Waals surface area contributed by atoms with E-state index >= 15 is 0 Å². The second-order valence-electron chi connectivity index (χ2n) is 4.51. The minimum atomic E-state index is -0.915. The molecule has 1 N–H and O–H groups in total. The summed E-state index contributed by atoms with van der Waals surface area (Å²) in [6, 6.07) is 7.80. The second-order valence-corrected chi connectivity index (χ2v) is 4.51. The molecule has 2 aromatic rings. The van der Waals surface area contributed by atoms with Crippen molar-refractivity contribution in [1.29, 1.82) is 0 Å². The number of carboxylic acids is 1. The molecule has 0 spiro atoms. The molecule has 0 saturated heterocycles. The molecule has 0 bridgehead atoms. The summed E-state index contributed by atoms with van der Waals surface area (Å²) in [6.07, 6.45) is -0.566.